The highest BCUT2D eigenvalue weighted by Crippen LogP contribution is 2.30. The van der Waals surface area contributed by atoms with Crippen LogP contribution in [-0.2, 0) is 0 Å². The van der Waals surface area contributed by atoms with E-state index in [9.17, 15) is 5.11 Å². The van der Waals surface area contributed by atoms with Gasteiger partial charge in [0.2, 0.25) is 5.95 Å². The molecule has 8 heteroatoms. The van der Waals surface area contributed by atoms with E-state index in [-0.39, 0.29) is 5.75 Å². The second-order valence-corrected chi connectivity index (χ2v) is 8.15. The quantitative estimate of drug-likeness (QED) is 0.439. The SMILES string of the molecule is CC1CCN(Sc2ccc3[nH]c(Nc4cc(Cl)ccc4O)nc3n2)CC1. The predicted molar refractivity (Wildman–Crippen MR) is 106 cm³/mol. The lowest BCUT2D eigenvalue weighted by Crippen LogP contribution is -2.27. The number of piperidine rings is 1. The average Bonchev–Trinajstić information content (AvgIpc) is 3.02. The van der Waals surface area contributed by atoms with Crippen LogP contribution in [-0.4, -0.2) is 37.5 Å². The maximum absolute atomic E-state index is 9.93. The highest BCUT2D eigenvalue weighted by Gasteiger charge is 2.17. The van der Waals surface area contributed by atoms with Crippen molar-refractivity contribution < 1.29 is 5.11 Å². The summed E-state index contributed by atoms with van der Waals surface area (Å²) in [5.41, 5.74) is 1.98. The molecular weight excluding hydrogens is 370 g/mol. The fourth-order valence-electron chi connectivity index (χ4n) is 2.93. The van der Waals surface area contributed by atoms with Crippen molar-refractivity contribution >= 4 is 46.3 Å². The van der Waals surface area contributed by atoms with Gasteiger partial charge >= 0.3 is 0 Å². The van der Waals surface area contributed by atoms with Crippen molar-refractivity contribution in [2.24, 2.45) is 5.92 Å². The second-order valence-electron chi connectivity index (χ2n) is 6.60. The first kappa shape index (κ1) is 17.5. The van der Waals surface area contributed by atoms with Crippen molar-refractivity contribution in [1.82, 2.24) is 19.3 Å². The number of pyridine rings is 1. The molecule has 6 nitrogen and oxygen atoms in total. The first-order chi connectivity index (χ1) is 12.6. The third kappa shape index (κ3) is 3.90. The molecule has 0 atom stereocenters. The van der Waals surface area contributed by atoms with Gasteiger partial charge in [-0.2, -0.15) is 4.98 Å². The van der Waals surface area contributed by atoms with E-state index in [1.807, 2.05) is 12.1 Å². The Balaban J connectivity index is 1.51. The molecular formula is C18H20ClN5OS. The monoisotopic (exact) mass is 389 g/mol. The summed E-state index contributed by atoms with van der Waals surface area (Å²) in [5, 5.41) is 14.5. The summed E-state index contributed by atoms with van der Waals surface area (Å²) >= 11 is 7.67. The number of halogens is 1. The molecule has 0 bridgehead atoms. The molecule has 0 amide bonds. The zero-order chi connectivity index (χ0) is 18.1. The van der Waals surface area contributed by atoms with Crippen LogP contribution < -0.4 is 5.32 Å². The lowest BCUT2D eigenvalue weighted by molar-refractivity contribution is 0.308. The van der Waals surface area contributed by atoms with Crippen LogP contribution in [0.5, 0.6) is 5.75 Å². The highest BCUT2D eigenvalue weighted by molar-refractivity contribution is 7.97. The van der Waals surface area contributed by atoms with E-state index in [2.05, 4.69) is 31.5 Å². The van der Waals surface area contributed by atoms with Gasteiger partial charge in [0.1, 0.15) is 10.8 Å². The van der Waals surface area contributed by atoms with E-state index in [4.69, 9.17) is 11.6 Å². The number of benzene rings is 1. The van der Waals surface area contributed by atoms with Gasteiger partial charge in [-0.25, -0.2) is 9.29 Å². The molecule has 136 valence electrons. The minimum absolute atomic E-state index is 0.110. The molecule has 1 fully saturated rings. The zero-order valence-corrected chi connectivity index (χ0v) is 15.9. The molecule has 3 N–H and O–H groups in total. The Bertz CT molecular complexity index is 923. The van der Waals surface area contributed by atoms with Crippen LogP contribution in [0.15, 0.2) is 35.4 Å². The Kier molecular flexibility index (Phi) is 4.93. The summed E-state index contributed by atoms with van der Waals surface area (Å²) in [5.74, 6) is 1.43. The predicted octanol–water partition coefficient (Wildman–Crippen LogP) is 4.80. The number of hydrogen-bond acceptors (Lipinski definition) is 6. The van der Waals surface area contributed by atoms with Crippen LogP contribution in [0.1, 0.15) is 19.8 Å². The number of nitrogens with one attached hydrogen (secondary N) is 2. The normalized spacial score (nSPS) is 16.2. The van der Waals surface area contributed by atoms with Gasteiger partial charge in [0, 0.05) is 18.1 Å². The topological polar surface area (TPSA) is 77.1 Å². The summed E-state index contributed by atoms with van der Waals surface area (Å²) in [6.07, 6.45) is 2.46. The number of aromatic amines is 1. The third-order valence-electron chi connectivity index (χ3n) is 4.50. The first-order valence-electron chi connectivity index (χ1n) is 8.62. The van der Waals surface area contributed by atoms with Gasteiger partial charge in [-0.05, 0) is 61.0 Å². The number of imidazole rings is 1. The van der Waals surface area contributed by atoms with Crippen LogP contribution in [0, 0.1) is 5.92 Å². The molecule has 0 aliphatic carbocycles. The minimum atomic E-state index is 0.110. The summed E-state index contributed by atoms with van der Waals surface area (Å²) in [6.45, 7) is 4.49. The molecule has 0 unspecified atom stereocenters. The largest absolute Gasteiger partial charge is 0.506 e. The molecule has 0 spiro atoms. The Hall–Kier alpha value is -1.96. The third-order valence-corrected chi connectivity index (χ3v) is 5.77. The van der Waals surface area contributed by atoms with E-state index in [1.54, 1.807) is 30.1 Å². The smallest absolute Gasteiger partial charge is 0.207 e. The maximum atomic E-state index is 9.93. The molecule has 3 aromatic rings. The van der Waals surface area contributed by atoms with Crippen molar-refractivity contribution in [3.63, 3.8) is 0 Å². The summed E-state index contributed by atoms with van der Waals surface area (Å²) in [7, 11) is 0. The van der Waals surface area contributed by atoms with Crippen LogP contribution >= 0.6 is 23.5 Å². The zero-order valence-electron chi connectivity index (χ0n) is 14.4. The van der Waals surface area contributed by atoms with E-state index < -0.39 is 0 Å². The fraction of sp³-hybridized carbons (Fsp3) is 0.333. The number of phenols is 1. The van der Waals surface area contributed by atoms with E-state index in [1.165, 1.54) is 12.8 Å². The lowest BCUT2D eigenvalue weighted by atomic mass is 10.0. The number of rotatable bonds is 4. The van der Waals surface area contributed by atoms with Crippen molar-refractivity contribution in [1.29, 1.82) is 0 Å². The standard InChI is InChI=1S/C18H20ClN5OS/c1-11-6-8-24(9-7-11)26-16-5-3-13-17(22-16)23-18(20-13)21-14-10-12(19)2-4-15(14)25/h2-5,10-11,25H,6-9H2,1H3,(H2,20,21,22,23). The van der Waals surface area contributed by atoms with Crippen LogP contribution in [0.25, 0.3) is 11.2 Å². The van der Waals surface area contributed by atoms with Crippen molar-refractivity contribution in [2.75, 3.05) is 18.4 Å². The molecule has 4 rings (SSSR count). The molecule has 1 aliphatic rings. The average molecular weight is 390 g/mol. The second kappa shape index (κ2) is 7.34. The van der Waals surface area contributed by atoms with E-state index in [0.717, 1.165) is 29.6 Å². The van der Waals surface area contributed by atoms with Gasteiger partial charge < -0.3 is 15.4 Å². The van der Waals surface area contributed by atoms with Gasteiger partial charge in [0.25, 0.3) is 0 Å². The van der Waals surface area contributed by atoms with E-state index >= 15 is 0 Å². The minimum Gasteiger partial charge on any atom is -0.506 e. The molecule has 0 radical (unpaired) electrons. The van der Waals surface area contributed by atoms with Crippen molar-refractivity contribution in [3.05, 3.63) is 35.4 Å². The first-order valence-corrected chi connectivity index (χ1v) is 9.77. The van der Waals surface area contributed by atoms with Crippen molar-refractivity contribution in [3.8, 4) is 5.75 Å². The number of aromatic nitrogens is 3. The van der Waals surface area contributed by atoms with Gasteiger partial charge in [-0.1, -0.05) is 18.5 Å². The number of aromatic hydroxyl groups is 1. The highest BCUT2D eigenvalue weighted by atomic mass is 35.5. The Morgan fingerprint density at radius 2 is 2.04 bits per heavy atom. The number of hydrogen-bond donors (Lipinski definition) is 3. The molecule has 2 aromatic heterocycles. The van der Waals surface area contributed by atoms with Gasteiger partial charge in [0.05, 0.1) is 11.2 Å². The van der Waals surface area contributed by atoms with Crippen LogP contribution in [0.3, 0.4) is 0 Å². The lowest BCUT2D eigenvalue weighted by Gasteiger charge is -2.28. The number of H-pyrrole nitrogens is 1. The fourth-order valence-corrected chi connectivity index (χ4v) is 4.02. The van der Waals surface area contributed by atoms with Gasteiger partial charge in [0.15, 0.2) is 5.65 Å². The Morgan fingerprint density at radius 3 is 2.85 bits per heavy atom. The summed E-state index contributed by atoms with van der Waals surface area (Å²) in [6, 6.07) is 8.81. The summed E-state index contributed by atoms with van der Waals surface area (Å²) in [4.78, 5) is 12.3. The van der Waals surface area contributed by atoms with Crippen LogP contribution in [0.2, 0.25) is 5.02 Å². The number of phenolic OH excluding ortho intramolecular Hbond substituents is 1. The maximum Gasteiger partial charge on any atom is 0.207 e. The van der Waals surface area contributed by atoms with Crippen molar-refractivity contribution in [2.45, 2.75) is 24.8 Å². The number of fused-ring (bicyclic) bond motifs is 1. The van der Waals surface area contributed by atoms with Gasteiger partial charge in [-0.15, -0.1) is 0 Å². The summed E-state index contributed by atoms with van der Waals surface area (Å²) < 4.78 is 2.37. The molecule has 26 heavy (non-hydrogen) atoms. The molecule has 1 saturated heterocycles. The Morgan fingerprint density at radius 1 is 1.23 bits per heavy atom. The molecule has 1 aliphatic heterocycles. The van der Waals surface area contributed by atoms with E-state index in [0.29, 0.717) is 22.3 Å². The molecule has 0 saturated carbocycles. The molecule has 3 heterocycles. The molecule has 1 aromatic carbocycles. The number of anilines is 2. The van der Waals surface area contributed by atoms with Gasteiger partial charge in [-0.3, -0.25) is 0 Å². The van der Waals surface area contributed by atoms with Crippen LogP contribution in [0.4, 0.5) is 11.6 Å². The number of nitrogens with zero attached hydrogens (tertiary/aromatic N) is 3. The Labute approximate surface area is 161 Å².